The lowest BCUT2D eigenvalue weighted by molar-refractivity contribution is 1.18. The molecule has 262 valence electrons. The van der Waals surface area contributed by atoms with Crippen molar-refractivity contribution in [3.63, 3.8) is 0 Å². The summed E-state index contributed by atoms with van der Waals surface area (Å²) in [6, 6.07) is 79.3. The molecule has 0 aliphatic rings. The van der Waals surface area contributed by atoms with Crippen LogP contribution in [0.4, 0.5) is 0 Å². The molecule has 11 aromatic rings. The fourth-order valence-corrected chi connectivity index (χ4v) is 8.58. The predicted molar refractivity (Wildman–Crippen MR) is 237 cm³/mol. The van der Waals surface area contributed by atoms with Gasteiger partial charge in [-0.25, -0.2) is 0 Å². The maximum atomic E-state index is 2.41. The van der Waals surface area contributed by atoms with Gasteiger partial charge in [-0.2, -0.15) is 0 Å². The summed E-state index contributed by atoms with van der Waals surface area (Å²) in [5.41, 5.74) is 16.9. The van der Waals surface area contributed by atoms with Crippen molar-refractivity contribution in [2.75, 3.05) is 0 Å². The first kappa shape index (κ1) is 32.0. The first-order valence-corrected chi connectivity index (χ1v) is 19.3. The van der Waals surface area contributed by atoms with Crippen molar-refractivity contribution < 1.29 is 0 Å². The molecule has 11 rings (SSSR count). The highest BCUT2D eigenvalue weighted by Gasteiger charge is 2.16. The summed E-state index contributed by atoms with van der Waals surface area (Å²) in [4.78, 5) is 0. The molecule has 0 bridgehead atoms. The van der Waals surface area contributed by atoms with Crippen molar-refractivity contribution in [3.05, 3.63) is 218 Å². The van der Waals surface area contributed by atoms with Crippen LogP contribution in [0.2, 0.25) is 0 Å². The van der Waals surface area contributed by atoms with Crippen LogP contribution in [0.1, 0.15) is 0 Å². The Kier molecular flexibility index (Phi) is 7.53. The third-order valence-corrected chi connectivity index (χ3v) is 11.4. The predicted octanol–water partition coefficient (Wildman–Crippen LogP) is 14.5. The average molecular weight is 713 g/mol. The van der Waals surface area contributed by atoms with Gasteiger partial charge in [-0.05, 0) is 99.1 Å². The number of hydrogen-bond acceptors (Lipinski definition) is 0. The van der Waals surface area contributed by atoms with Gasteiger partial charge in [0.1, 0.15) is 0 Å². The molecule has 0 aliphatic heterocycles. The standard InChI is InChI=1S/C54H36N2/c1-3-11-37(12-4-1)38-19-21-39(22-20-38)40-23-25-41(26-24-40)44-29-33-49-47-15-7-9-17-51(47)56(54(49)36-44)46-31-27-42(28-32-46)43-30-34-53-50(35-43)48-16-8-10-18-52(48)55(53)45-13-5-2-6-14-45/h1-36H. The maximum Gasteiger partial charge on any atom is 0.0547 e. The lowest BCUT2D eigenvalue weighted by Gasteiger charge is -2.11. The molecule has 2 nitrogen and oxygen atoms in total. The Balaban J connectivity index is 0.945. The molecular weight excluding hydrogens is 677 g/mol. The first-order valence-electron chi connectivity index (χ1n) is 19.3. The van der Waals surface area contributed by atoms with Gasteiger partial charge in [0.25, 0.3) is 0 Å². The van der Waals surface area contributed by atoms with Crippen molar-refractivity contribution in [2.24, 2.45) is 0 Å². The Morgan fingerprint density at radius 2 is 0.554 bits per heavy atom. The van der Waals surface area contributed by atoms with E-state index in [4.69, 9.17) is 0 Å². The van der Waals surface area contributed by atoms with Gasteiger partial charge in [0, 0.05) is 32.9 Å². The highest BCUT2D eigenvalue weighted by atomic mass is 15.0. The summed E-state index contributed by atoms with van der Waals surface area (Å²) in [6.07, 6.45) is 0. The van der Waals surface area contributed by atoms with Crippen LogP contribution in [0, 0.1) is 0 Å². The van der Waals surface area contributed by atoms with Gasteiger partial charge in [-0.1, -0.05) is 164 Å². The number of aromatic nitrogens is 2. The van der Waals surface area contributed by atoms with E-state index >= 15 is 0 Å². The quantitative estimate of drug-likeness (QED) is 0.162. The molecular formula is C54H36N2. The second kappa shape index (κ2) is 13.2. The van der Waals surface area contributed by atoms with Crippen LogP contribution < -0.4 is 0 Å². The highest BCUT2D eigenvalue weighted by molar-refractivity contribution is 6.11. The normalized spacial score (nSPS) is 11.6. The van der Waals surface area contributed by atoms with Gasteiger partial charge in [-0.3, -0.25) is 0 Å². The van der Waals surface area contributed by atoms with E-state index in [0.717, 1.165) is 5.69 Å². The molecule has 2 heteroatoms. The summed E-state index contributed by atoms with van der Waals surface area (Å²) in [5, 5.41) is 5.03. The van der Waals surface area contributed by atoms with E-state index in [1.807, 2.05) is 0 Å². The minimum absolute atomic E-state index is 1.15. The SMILES string of the molecule is c1ccc(-c2ccc(-c3ccc(-c4ccc5c6ccccc6n(-c6ccc(-c7ccc8c(c7)c7ccccc7n8-c7ccccc7)cc6)c5c4)cc3)cc2)cc1. The zero-order valence-electron chi connectivity index (χ0n) is 30.7. The Morgan fingerprint density at radius 1 is 0.196 bits per heavy atom. The van der Waals surface area contributed by atoms with Crippen LogP contribution in [0.15, 0.2) is 218 Å². The number of benzene rings is 9. The molecule has 2 aromatic heterocycles. The lowest BCUT2D eigenvalue weighted by Crippen LogP contribution is -1.94. The van der Waals surface area contributed by atoms with Crippen molar-refractivity contribution in [2.45, 2.75) is 0 Å². The van der Waals surface area contributed by atoms with Gasteiger partial charge in [0.2, 0.25) is 0 Å². The van der Waals surface area contributed by atoms with Crippen molar-refractivity contribution in [1.29, 1.82) is 0 Å². The summed E-state index contributed by atoms with van der Waals surface area (Å²) < 4.78 is 4.78. The fourth-order valence-electron chi connectivity index (χ4n) is 8.58. The molecule has 0 atom stereocenters. The van der Waals surface area contributed by atoms with Crippen LogP contribution in [-0.2, 0) is 0 Å². The molecule has 0 fully saturated rings. The summed E-state index contributed by atoms with van der Waals surface area (Å²) >= 11 is 0. The van der Waals surface area contributed by atoms with Crippen LogP contribution in [0.25, 0.3) is 99.5 Å². The van der Waals surface area contributed by atoms with E-state index in [1.54, 1.807) is 0 Å². The monoisotopic (exact) mass is 712 g/mol. The molecule has 0 N–H and O–H groups in total. The minimum Gasteiger partial charge on any atom is -0.309 e. The molecule has 0 saturated carbocycles. The average Bonchev–Trinajstić information content (AvgIpc) is 3.79. The number of hydrogen-bond donors (Lipinski definition) is 0. The van der Waals surface area contributed by atoms with E-state index in [1.165, 1.54) is 93.8 Å². The molecule has 0 aliphatic carbocycles. The van der Waals surface area contributed by atoms with E-state index < -0.39 is 0 Å². The summed E-state index contributed by atoms with van der Waals surface area (Å²) in [5.74, 6) is 0. The maximum absolute atomic E-state index is 2.41. The first-order chi connectivity index (χ1) is 27.8. The van der Waals surface area contributed by atoms with Crippen LogP contribution in [-0.4, -0.2) is 9.13 Å². The zero-order chi connectivity index (χ0) is 37.0. The number of fused-ring (bicyclic) bond motifs is 6. The highest BCUT2D eigenvalue weighted by Crippen LogP contribution is 2.38. The summed E-state index contributed by atoms with van der Waals surface area (Å²) in [6.45, 7) is 0. The summed E-state index contributed by atoms with van der Waals surface area (Å²) in [7, 11) is 0. The van der Waals surface area contributed by atoms with E-state index in [9.17, 15) is 0 Å². The largest absolute Gasteiger partial charge is 0.309 e. The minimum atomic E-state index is 1.15. The van der Waals surface area contributed by atoms with Gasteiger partial charge < -0.3 is 9.13 Å². The van der Waals surface area contributed by atoms with Gasteiger partial charge in [-0.15, -0.1) is 0 Å². The molecule has 0 radical (unpaired) electrons. The third-order valence-electron chi connectivity index (χ3n) is 11.4. The Hall–Kier alpha value is -7.42. The molecule has 0 amide bonds. The second-order valence-corrected chi connectivity index (χ2v) is 14.6. The molecule has 0 saturated heterocycles. The van der Waals surface area contributed by atoms with Crippen molar-refractivity contribution in [3.8, 4) is 55.9 Å². The molecule has 0 spiro atoms. The molecule has 56 heavy (non-hydrogen) atoms. The van der Waals surface area contributed by atoms with Crippen molar-refractivity contribution in [1.82, 2.24) is 9.13 Å². The van der Waals surface area contributed by atoms with Crippen LogP contribution >= 0.6 is 0 Å². The molecule has 9 aromatic carbocycles. The number of rotatable bonds is 6. The van der Waals surface area contributed by atoms with Gasteiger partial charge in [0.15, 0.2) is 0 Å². The topological polar surface area (TPSA) is 9.86 Å². The Morgan fingerprint density at radius 3 is 1.16 bits per heavy atom. The van der Waals surface area contributed by atoms with Crippen LogP contribution in [0.5, 0.6) is 0 Å². The van der Waals surface area contributed by atoms with Gasteiger partial charge >= 0.3 is 0 Å². The van der Waals surface area contributed by atoms with E-state index in [2.05, 4.69) is 228 Å². The lowest BCUT2D eigenvalue weighted by atomic mass is 9.97. The van der Waals surface area contributed by atoms with E-state index in [0.29, 0.717) is 0 Å². The zero-order valence-corrected chi connectivity index (χ0v) is 30.7. The number of para-hydroxylation sites is 3. The Bertz CT molecular complexity index is 3190. The fraction of sp³-hybridized carbons (Fsp3) is 0. The third kappa shape index (κ3) is 5.34. The van der Waals surface area contributed by atoms with Crippen LogP contribution in [0.3, 0.4) is 0 Å². The molecule has 2 heterocycles. The second-order valence-electron chi connectivity index (χ2n) is 14.6. The van der Waals surface area contributed by atoms with Gasteiger partial charge in [0.05, 0.1) is 22.1 Å². The Labute approximate surface area is 325 Å². The van der Waals surface area contributed by atoms with Crippen molar-refractivity contribution >= 4 is 43.6 Å². The number of nitrogens with zero attached hydrogens (tertiary/aromatic N) is 2. The smallest absolute Gasteiger partial charge is 0.0547 e. The van der Waals surface area contributed by atoms with E-state index in [-0.39, 0.29) is 0 Å². The molecule has 0 unspecified atom stereocenters.